The van der Waals surface area contributed by atoms with Gasteiger partial charge in [-0.05, 0) is 6.92 Å². The van der Waals surface area contributed by atoms with Crippen molar-refractivity contribution < 1.29 is 43.1 Å². The van der Waals surface area contributed by atoms with E-state index < -0.39 is 12.1 Å². The zero-order valence-corrected chi connectivity index (χ0v) is 10.7. The maximum Gasteiger partial charge on any atom is 0.334 e. The molecular weight excluding hydrogens is 285 g/mol. The number of likely N-dealkylation sites (N-methyl/N-ethyl adjacent to an activating group) is 1. The maximum absolute atomic E-state index is 10.7. The summed E-state index contributed by atoms with van der Waals surface area (Å²) in [5.74, 6) is -0.552. The number of nitrogens with zero attached hydrogens (tertiary/aromatic N) is 1. The number of hydrogen-bond acceptors (Lipinski definition) is 3. The monoisotopic (exact) mass is 303 g/mol. The van der Waals surface area contributed by atoms with Crippen molar-refractivity contribution in [2.75, 3.05) is 34.3 Å². The van der Waals surface area contributed by atoms with Gasteiger partial charge in [0.15, 0.2) is 0 Å². The van der Waals surface area contributed by atoms with Crippen LogP contribution >= 0.6 is 0 Å². The Morgan fingerprint density at radius 2 is 1.92 bits per heavy atom. The summed E-state index contributed by atoms with van der Waals surface area (Å²) in [7, 11) is 6.03. The Hall–Kier alpha value is 0.120. The summed E-state index contributed by atoms with van der Waals surface area (Å²) in [6, 6.07) is 0. The van der Waals surface area contributed by atoms with E-state index in [1.807, 2.05) is 21.1 Å². The van der Waals surface area contributed by atoms with E-state index in [9.17, 15) is 4.79 Å². The first-order valence-corrected chi connectivity index (χ1v) is 3.98. The van der Waals surface area contributed by atoms with Gasteiger partial charge in [0.05, 0.1) is 21.1 Å². The summed E-state index contributed by atoms with van der Waals surface area (Å²) in [6.45, 7) is 2.50. The van der Waals surface area contributed by atoms with Crippen LogP contribution < -0.4 is 24.0 Å². The largest absolute Gasteiger partial charge is 1.00 e. The number of esters is 1. The van der Waals surface area contributed by atoms with Gasteiger partial charge in [0, 0.05) is 0 Å². The van der Waals surface area contributed by atoms with E-state index in [2.05, 4.69) is 0 Å². The molecule has 0 aromatic carbocycles. The SMILES string of the molecule is C[C@H](O)C(=O)OCC[N+](C)(C)C.[I-]. The van der Waals surface area contributed by atoms with Gasteiger partial charge in [-0.3, -0.25) is 0 Å². The lowest BCUT2D eigenvalue weighted by Crippen LogP contribution is -3.00. The predicted molar refractivity (Wildman–Crippen MR) is 45.5 cm³/mol. The first kappa shape index (κ1) is 15.6. The third-order valence-corrected chi connectivity index (χ3v) is 1.35. The van der Waals surface area contributed by atoms with E-state index in [4.69, 9.17) is 9.84 Å². The molecule has 1 atom stereocenters. The minimum atomic E-state index is -1.02. The molecular formula is C8H18INO3. The normalized spacial score (nSPS) is 13.0. The molecule has 1 N–H and O–H groups in total. The van der Waals surface area contributed by atoms with Crippen molar-refractivity contribution in [3.05, 3.63) is 0 Å². The Bertz CT molecular complexity index is 154. The minimum absolute atomic E-state index is 0. The molecule has 0 radical (unpaired) electrons. The first-order valence-electron chi connectivity index (χ1n) is 3.98. The predicted octanol–water partition coefficient (Wildman–Crippen LogP) is -3.38. The van der Waals surface area contributed by atoms with Crippen LogP contribution in [0.3, 0.4) is 0 Å². The fourth-order valence-corrected chi connectivity index (χ4v) is 0.541. The molecule has 0 aliphatic heterocycles. The number of ether oxygens (including phenoxy) is 1. The lowest BCUT2D eigenvalue weighted by atomic mass is 10.4. The summed E-state index contributed by atoms with van der Waals surface area (Å²) in [6.07, 6.45) is -1.02. The Morgan fingerprint density at radius 1 is 1.46 bits per heavy atom. The van der Waals surface area contributed by atoms with Crippen LogP contribution in [0.25, 0.3) is 0 Å². The van der Waals surface area contributed by atoms with Crippen LogP contribution in [0.1, 0.15) is 6.92 Å². The minimum Gasteiger partial charge on any atom is -1.00 e. The second kappa shape index (κ2) is 6.56. The third kappa shape index (κ3) is 10.0. The third-order valence-electron chi connectivity index (χ3n) is 1.35. The zero-order valence-electron chi connectivity index (χ0n) is 8.58. The van der Waals surface area contributed by atoms with Gasteiger partial charge in [-0.15, -0.1) is 0 Å². The molecule has 0 saturated carbocycles. The highest BCUT2D eigenvalue weighted by atomic mass is 127. The van der Waals surface area contributed by atoms with Crippen LogP contribution in [-0.2, 0) is 9.53 Å². The molecule has 0 aliphatic rings. The first-order chi connectivity index (χ1) is 5.33. The highest BCUT2D eigenvalue weighted by Gasteiger charge is 2.12. The van der Waals surface area contributed by atoms with Crippen LogP contribution in [0, 0.1) is 0 Å². The number of carbonyl (C=O) groups excluding carboxylic acids is 1. The fourth-order valence-electron chi connectivity index (χ4n) is 0.541. The molecule has 0 unspecified atom stereocenters. The number of aliphatic hydroxyl groups is 1. The molecule has 0 aliphatic carbocycles. The second-order valence-corrected chi connectivity index (χ2v) is 3.86. The summed E-state index contributed by atoms with van der Waals surface area (Å²) >= 11 is 0. The van der Waals surface area contributed by atoms with E-state index in [0.717, 1.165) is 11.0 Å². The number of halogens is 1. The molecule has 13 heavy (non-hydrogen) atoms. The number of quaternary nitrogens is 1. The molecule has 0 saturated heterocycles. The summed E-state index contributed by atoms with van der Waals surface area (Å²) in [5, 5.41) is 8.77. The molecule has 0 amide bonds. The Kier molecular flexibility index (Phi) is 7.86. The van der Waals surface area contributed by atoms with Gasteiger partial charge in [-0.1, -0.05) is 0 Å². The zero-order chi connectivity index (χ0) is 9.78. The lowest BCUT2D eigenvalue weighted by molar-refractivity contribution is -0.870. The van der Waals surface area contributed by atoms with Crippen molar-refractivity contribution in [3.63, 3.8) is 0 Å². The molecule has 0 heterocycles. The van der Waals surface area contributed by atoms with E-state index in [-0.39, 0.29) is 24.0 Å². The van der Waals surface area contributed by atoms with Crippen molar-refractivity contribution in [3.8, 4) is 0 Å². The van der Waals surface area contributed by atoms with E-state index in [1.54, 1.807) is 0 Å². The van der Waals surface area contributed by atoms with Gasteiger partial charge < -0.3 is 38.3 Å². The molecule has 4 nitrogen and oxygen atoms in total. The molecule has 0 aromatic rings. The summed E-state index contributed by atoms with van der Waals surface area (Å²) in [4.78, 5) is 10.7. The van der Waals surface area contributed by atoms with Crippen molar-refractivity contribution >= 4 is 5.97 Å². The topological polar surface area (TPSA) is 46.5 Å². The average Bonchev–Trinajstić information content (AvgIpc) is 1.84. The smallest absolute Gasteiger partial charge is 0.334 e. The van der Waals surface area contributed by atoms with Gasteiger partial charge in [0.1, 0.15) is 19.3 Å². The maximum atomic E-state index is 10.7. The molecule has 0 spiro atoms. The van der Waals surface area contributed by atoms with Crippen LogP contribution in [0.2, 0.25) is 0 Å². The van der Waals surface area contributed by atoms with Crippen LogP contribution in [-0.4, -0.2) is 56.0 Å². The molecule has 80 valence electrons. The van der Waals surface area contributed by atoms with Crippen LogP contribution in [0.15, 0.2) is 0 Å². The molecule has 0 fully saturated rings. The van der Waals surface area contributed by atoms with E-state index in [0.29, 0.717) is 6.61 Å². The van der Waals surface area contributed by atoms with E-state index >= 15 is 0 Å². The summed E-state index contributed by atoms with van der Waals surface area (Å²) in [5.41, 5.74) is 0. The number of rotatable bonds is 4. The van der Waals surface area contributed by atoms with Crippen LogP contribution in [0.4, 0.5) is 0 Å². The van der Waals surface area contributed by atoms with Gasteiger partial charge in [-0.25, -0.2) is 4.79 Å². The molecule has 0 bridgehead atoms. The second-order valence-electron chi connectivity index (χ2n) is 3.86. The van der Waals surface area contributed by atoms with Gasteiger partial charge in [0.25, 0.3) is 0 Å². The van der Waals surface area contributed by atoms with E-state index in [1.165, 1.54) is 6.92 Å². The molecule has 5 heteroatoms. The quantitative estimate of drug-likeness (QED) is 0.335. The average molecular weight is 303 g/mol. The van der Waals surface area contributed by atoms with Crippen molar-refractivity contribution in [1.82, 2.24) is 0 Å². The molecule has 0 rings (SSSR count). The van der Waals surface area contributed by atoms with Crippen molar-refractivity contribution in [2.24, 2.45) is 0 Å². The number of aliphatic hydroxyl groups excluding tert-OH is 1. The number of carbonyl (C=O) groups is 1. The van der Waals surface area contributed by atoms with Crippen LogP contribution in [0.5, 0.6) is 0 Å². The van der Waals surface area contributed by atoms with Gasteiger partial charge in [0.2, 0.25) is 0 Å². The number of hydrogen-bond donors (Lipinski definition) is 1. The van der Waals surface area contributed by atoms with Crippen molar-refractivity contribution in [1.29, 1.82) is 0 Å². The Balaban J connectivity index is 0. The molecule has 0 aromatic heterocycles. The Labute approximate surface area is 96.5 Å². The standard InChI is InChI=1S/C8H18NO3.HI/c1-7(10)8(11)12-6-5-9(2,3)4;/h7,10H,5-6H2,1-4H3;1H/q+1;/p-1/t7-;/m0./s1. The van der Waals surface area contributed by atoms with Crippen molar-refractivity contribution in [2.45, 2.75) is 13.0 Å². The van der Waals surface area contributed by atoms with Gasteiger partial charge in [-0.2, -0.15) is 0 Å². The highest BCUT2D eigenvalue weighted by molar-refractivity contribution is 5.73. The fraction of sp³-hybridized carbons (Fsp3) is 0.875. The Morgan fingerprint density at radius 3 is 2.23 bits per heavy atom. The lowest BCUT2D eigenvalue weighted by Gasteiger charge is -2.23. The summed E-state index contributed by atoms with van der Waals surface area (Å²) < 4.78 is 5.52. The highest BCUT2D eigenvalue weighted by Crippen LogP contribution is 1.91. The van der Waals surface area contributed by atoms with Gasteiger partial charge >= 0.3 is 5.97 Å².